The number of nitrogens with one attached hydrogen (secondary N) is 1. The Balaban J connectivity index is 2.05. The molecule has 0 spiro atoms. The molecule has 4 heteroatoms. The average Bonchev–Trinajstić information content (AvgIpc) is 2.68. The molecule has 1 heterocycles. The number of ether oxygens (including phenoxy) is 1. The van der Waals surface area contributed by atoms with Gasteiger partial charge in [0.05, 0.1) is 6.54 Å². The molecule has 2 aromatic rings. The summed E-state index contributed by atoms with van der Waals surface area (Å²) in [6.45, 7) is 0.262. The molecule has 0 aliphatic carbocycles. The molecule has 0 saturated carbocycles. The van der Waals surface area contributed by atoms with Crippen LogP contribution in [-0.4, -0.2) is 5.21 Å². The van der Waals surface area contributed by atoms with E-state index in [0.29, 0.717) is 11.7 Å². The van der Waals surface area contributed by atoms with Crippen LogP contribution in [0.1, 0.15) is 5.76 Å². The summed E-state index contributed by atoms with van der Waals surface area (Å²) < 4.78 is 10.7. The lowest BCUT2D eigenvalue weighted by atomic mass is 10.3. The topological polar surface area (TPSA) is 54.6 Å². The van der Waals surface area contributed by atoms with Crippen LogP contribution in [0.15, 0.2) is 46.9 Å². The summed E-state index contributed by atoms with van der Waals surface area (Å²) in [6.07, 6.45) is 0. The van der Waals surface area contributed by atoms with Gasteiger partial charge in [0.1, 0.15) is 11.5 Å². The first-order chi connectivity index (χ1) is 7.38. The second kappa shape index (κ2) is 4.63. The summed E-state index contributed by atoms with van der Waals surface area (Å²) in [4.78, 5) is 0. The minimum absolute atomic E-state index is 0.262. The first-order valence-corrected chi connectivity index (χ1v) is 4.57. The molecule has 0 saturated heterocycles. The van der Waals surface area contributed by atoms with Crippen molar-refractivity contribution in [3.05, 3.63) is 48.2 Å². The van der Waals surface area contributed by atoms with Gasteiger partial charge in [-0.2, -0.15) is 5.48 Å². The molecule has 0 radical (unpaired) electrons. The fourth-order valence-electron chi connectivity index (χ4n) is 1.19. The summed E-state index contributed by atoms with van der Waals surface area (Å²) in [5.74, 6) is 1.74. The molecule has 78 valence electrons. The van der Waals surface area contributed by atoms with Crippen molar-refractivity contribution in [2.45, 2.75) is 6.54 Å². The van der Waals surface area contributed by atoms with E-state index in [0.717, 1.165) is 5.75 Å². The Hall–Kier alpha value is -1.78. The number of hydrogen-bond donors (Lipinski definition) is 2. The zero-order chi connectivity index (χ0) is 10.5. The second-order valence-corrected chi connectivity index (χ2v) is 2.97. The van der Waals surface area contributed by atoms with Gasteiger partial charge in [0.15, 0.2) is 0 Å². The molecule has 0 unspecified atom stereocenters. The molecule has 2 N–H and O–H groups in total. The molecule has 0 bridgehead atoms. The highest BCUT2D eigenvalue weighted by Crippen LogP contribution is 2.23. The highest BCUT2D eigenvalue weighted by molar-refractivity contribution is 5.26. The summed E-state index contributed by atoms with van der Waals surface area (Å²) in [6, 6.07) is 12.8. The first kappa shape index (κ1) is 9.76. The van der Waals surface area contributed by atoms with Gasteiger partial charge in [-0.3, -0.25) is 0 Å². The standard InChI is InChI=1S/C11H11NO3/c13-12-8-10-6-7-11(15-10)14-9-4-2-1-3-5-9/h1-7,12-13H,8H2. The number of rotatable bonds is 4. The summed E-state index contributed by atoms with van der Waals surface area (Å²) >= 11 is 0. The van der Waals surface area contributed by atoms with Crippen molar-refractivity contribution in [1.82, 2.24) is 5.48 Å². The Kier molecular flexibility index (Phi) is 3.02. The lowest BCUT2D eigenvalue weighted by molar-refractivity contribution is 0.151. The molecular weight excluding hydrogens is 194 g/mol. The van der Waals surface area contributed by atoms with E-state index in [1.807, 2.05) is 35.8 Å². The number of hydroxylamine groups is 1. The van der Waals surface area contributed by atoms with E-state index >= 15 is 0 Å². The van der Waals surface area contributed by atoms with Crippen LogP contribution in [0.4, 0.5) is 0 Å². The van der Waals surface area contributed by atoms with Crippen LogP contribution in [0.2, 0.25) is 0 Å². The third-order valence-electron chi connectivity index (χ3n) is 1.85. The minimum Gasteiger partial charge on any atom is -0.429 e. The van der Waals surface area contributed by atoms with Crippen molar-refractivity contribution < 1.29 is 14.4 Å². The van der Waals surface area contributed by atoms with Gasteiger partial charge in [-0.1, -0.05) is 18.2 Å². The lowest BCUT2D eigenvalue weighted by Crippen LogP contribution is -2.04. The van der Waals surface area contributed by atoms with E-state index in [-0.39, 0.29) is 6.54 Å². The van der Waals surface area contributed by atoms with E-state index in [4.69, 9.17) is 14.4 Å². The quantitative estimate of drug-likeness (QED) is 0.753. The fraction of sp³-hybridized carbons (Fsp3) is 0.0909. The van der Waals surface area contributed by atoms with E-state index in [2.05, 4.69) is 0 Å². The van der Waals surface area contributed by atoms with Crippen molar-refractivity contribution in [2.75, 3.05) is 0 Å². The van der Waals surface area contributed by atoms with Gasteiger partial charge in [-0.25, -0.2) is 0 Å². The van der Waals surface area contributed by atoms with Crippen LogP contribution in [0, 0.1) is 0 Å². The average molecular weight is 205 g/mol. The van der Waals surface area contributed by atoms with Gasteiger partial charge in [0.2, 0.25) is 0 Å². The molecule has 0 atom stereocenters. The molecule has 4 nitrogen and oxygen atoms in total. The van der Waals surface area contributed by atoms with Crippen molar-refractivity contribution in [2.24, 2.45) is 0 Å². The highest BCUT2D eigenvalue weighted by Gasteiger charge is 2.02. The molecule has 1 aromatic heterocycles. The molecule has 0 aliphatic heterocycles. The summed E-state index contributed by atoms with van der Waals surface area (Å²) in [5.41, 5.74) is 2.01. The molecule has 15 heavy (non-hydrogen) atoms. The molecule has 0 fully saturated rings. The van der Waals surface area contributed by atoms with Crippen molar-refractivity contribution in [1.29, 1.82) is 0 Å². The fourth-order valence-corrected chi connectivity index (χ4v) is 1.19. The van der Waals surface area contributed by atoms with E-state index in [1.54, 1.807) is 12.1 Å². The first-order valence-electron chi connectivity index (χ1n) is 4.57. The van der Waals surface area contributed by atoms with Gasteiger partial charge < -0.3 is 14.4 Å². The Labute approximate surface area is 87.1 Å². The maximum absolute atomic E-state index is 8.47. The Bertz CT molecular complexity index is 411. The van der Waals surface area contributed by atoms with Crippen molar-refractivity contribution in [3.63, 3.8) is 0 Å². The predicted octanol–water partition coefficient (Wildman–Crippen LogP) is 2.55. The lowest BCUT2D eigenvalue weighted by Gasteiger charge is -2.00. The van der Waals surface area contributed by atoms with E-state index in [9.17, 15) is 0 Å². The third kappa shape index (κ3) is 2.59. The number of benzene rings is 1. The summed E-state index contributed by atoms with van der Waals surface area (Å²) in [7, 11) is 0. The van der Waals surface area contributed by atoms with Crippen LogP contribution in [-0.2, 0) is 6.54 Å². The second-order valence-electron chi connectivity index (χ2n) is 2.97. The molecule has 0 aliphatic rings. The highest BCUT2D eigenvalue weighted by atomic mass is 16.6. The maximum Gasteiger partial charge on any atom is 0.290 e. The zero-order valence-corrected chi connectivity index (χ0v) is 8.01. The summed E-state index contributed by atoms with van der Waals surface area (Å²) in [5, 5.41) is 8.47. The van der Waals surface area contributed by atoms with Crippen molar-refractivity contribution in [3.8, 4) is 11.7 Å². The molecule has 0 amide bonds. The monoisotopic (exact) mass is 205 g/mol. The number of para-hydroxylation sites is 1. The Morgan fingerprint density at radius 3 is 2.67 bits per heavy atom. The van der Waals surface area contributed by atoms with Crippen LogP contribution in [0.3, 0.4) is 0 Å². The Morgan fingerprint density at radius 1 is 1.13 bits per heavy atom. The SMILES string of the molecule is ONCc1ccc(Oc2ccccc2)o1. The Morgan fingerprint density at radius 2 is 1.93 bits per heavy atom. The zero-order valence-electron chi connectivity index (χ0n) is 8.01. The smallest absolute Gasteiger partial charge is 0.290 e. The van der Waals surface area contributed by atoms with Crippen LogP contribution < -0.4 is 10.2 Å². The van der Waals surface area contributed by atoms with E-state index in [1.165, 1.54) is 0 Å². The molecule has 2 rings (SSSR count). The van der Waals surface area contributed by atoms with Gasteiger partial charge in [0, 0.05) is 6.07 Å². The van der Waals surface area contributed by atoms with Crippen molar-refractivity contribution >= 4 is 0 Å². The minimum atomic E-state index is 0.262. The van der Waals surface area contributed by atoms with Crippen LogP contribution in [0.5, 0.6) is 11.7 Å². The van der Waals surface area contributed by atoms with Crippen LogP contribution >= 0.6 is 0 Å². The largest absolute Gasteiger partial charge is 0.429 e. The maximum atomic E-state index is 8.47. The number of hydrogen-bond acceptors (Lipinski definition) is 4. The predicted molar refractivity (Wildman–Crippen MR) is 53.9 cm³/mol. The third-order valence-corrected chi connectivity index (χ3v) is 1.85. The van der Waals surface area contributed by atoms with Gasteiger partial charge in [0.25, 0.3) is 5.95 Å². The van der Waals surface area contributed by atoms with Crippen LogP contribution in [0.25, 0.3) is 0 Å². The van der Waals surface area contributed by atoms with E-state index < -0.39 is 0 Å². The van der Waals surface area contributed by atoms with Gasteiger partial charge >= 0.3 is 0 Å². The van der Waals surface area contributed by atoms with Gasteiger partial charge in [-0.05, 0) is 18.2 Å². The normalized spacial score (nSPS) is 10.2. The number of furan rings is 1. The molecular formula is C11H11NO3. The van der Waals surface area contributed by atoms with Gasteiger partial charge in [-0.15, -0.1) is 0 Å². The molecule has 1 aromatic carbocycles.